The molecule has 0 aliphatic rings. The Hall–Kier alpha value is -4.78. The molecule has 4 nitrogen and oxygen atoms in total. The minimum atomic E-state index is -1.43. The largest absolute Gasteiger partial charge is 0.488 e. The Morgan fingerprint density at radius 1 is 0.364 bits per heavy atom. The maximum atomic E-state index is 9.17. The standard InChI is InChI=1S/C28H18IN.C18H14BNO2.C10H6I2.CH4.HI.H2/c29-25-9-4-6-20-5-3-8-22(28(20)25)19-13-11-18(12-14-19)21-15-16-27-24(17-21)23-7-1-2-10-26(23)30-27;21-19(22)14-8-5-12(6-9-14)13-7-10-18-16(11-13)15-3-1-2-4-17(15)20-18;11-8-5-1-3-7-4-2-6-9(12)10(7)8;;;/h1-17,30H;1-11,20-22H;1-6H;1H4;2*1H. The van der Waals surface area contributed by atoms with Gasteiger partial charge in [0.15, 0.2) is 0 Å². The van der Waals surface area contributed by atoms with Crippen molar-refractivity contribution < 1.29 is 11.5 Å². The molecule has 0 atom stereocenters. The lowest BCUT2D eigenvalue weighted by Crippen LogP contribution is -2.29. The molecule has 4 N–H and O–H groups in total. The van der Waals surface area contributed by atoms with Crippen molar-refractivity contribution in [1.29, 1.82) is 0 Å². The third-order valence-corrected chi connectivity index (χ3v) is 14.4. The fourth-order valence-electron chi connectivity index (χ4n) is 8.53. The van der Waals surface area contributed by atoms with Gasteiger partial charge in [0.25, 0.3) is 0 Å². The molecule has 0 amide bonds. The van der Waals surface area contributed by atoms with Crippen LogP contribution in [0.25, 0.3) is 98.5 Å². The van der Waals surface area contributed by atoms with Crippen molar-refractivity contribution in [1.82, 2.24) is 9.97 Å². The maximum Gasteiger partial charge on any atom is 0.488 e. The van der Waals surface area contributed by atoms with Crippen molar-refractivity contribution in [3.63, 3.8) is 0 Å². The monoisotopic (exact) mass is 1310 g/mol. The lowest BCUT2D eigenvalue weighted by atomic mass is 9.80. The van der Waals surface area contributed by atoms with Crippen LogP contribution < -0.4 is 5.46 Å². The molecule has 2 aromatic heterocycles. The molecule has 326 valence electrons. The predicted molar refractivity (Wildman–Crippen MR) is 322 cm³/mol. The van der Waals surface area contributed by atoms with Gasteiger partial charge in [-0.15, -0.1) is 24.0 Å². The summed E-state index contributed by atoms with van der Waals surface area (Å²) in [5.74, 6) is 0. The van der Waals surface area contributed by atoms with Crippen LogP contribution in [0.3, 0.4) is 0 Å². The molecular weight excluding hydrogens is 1260 g/mol. The summed E-state index contributed by atoms with van der Waals surface area (Å²) in [6.07, 6.45) is 0. The summed E-state index contributed by atoms with van der Waals surface area (Å²) in [7, 11) is -1.43. The Kier molecular flexibility index (Phi) is 15.2. The Labute approximate surface area is 444 Å². The third kappa shape index (κ3) is 9.79. The van der Waals surface area contributed by atoms with Gasteiger partial charge in [0.1, 0.15) is 0 Å². The van der Waals surface area contributed by atoms with Crippen molar-refractivity contribution in [2.45, 2.75) is 7.43 Å². The molecule has 12 rings (SSSR count). The number of hydrogen-bond donors (Lipinski definition) is 4. The van der Waals surface area contributed by atoms with Gasteiger partial charge in [-0.05, 0) is 172 Å². The van der Waals surface area contributed by atoms with E-state index in [0.29, 0.717) is 5.46 Å². The SMILES string of the molecule is C.I.Ic1cccc2cccc(-c3ccc(-c4ccc5[nH]c6ccccc6c5c4)cc3)c12.Ic1cccc2cccc(I)c12.OB(O)c1ccc(-c2ccc3[nH]c4ccccc4c3c2)cc1.[HH]. The average Bonchev–Trinajstić information content (AvgIpc) is 3.90. The van der Waals surface area contributed by atoms with Crippen LogP contribution in [-0.2, 0) is 0 Å². The second kappa shape index (κ2) is 21.0. The van der Waals surface area contributed by atoms with Crippen LogP contribution in [0.1, 0.15) is 8.85 Å². The van der Waals surface area contributed by atoms with Gasteiger partial charge in [-0.3, -0.25) is 0 Å². The Bertz CT molecular complexity index is 3610. The van der Waals surface area contributed by atoms with E-state index in [-0.39, 0.29) is 32.8 Å². The zero-order chi connectivity index (χ0) is 43.7. The zero-order valence-corrected chi connectivity index (χ0v) is 43.4. The first-order chi connectivity index (χ1) is 31.3. The quantitative estimate of drug-likeness (QED) is 0.105. The van der Waals surface area contributed by atoms with Crippen molar-refractivity contribution >= 4 is 169 Å². The molecule has 0 unspecified atom stereocenters. The van der Waals surface area contributed by atoms with Crippen LogP contribution in [0.5, 0.6) is 0 Å². The molecule has 0 fully saturated rings. The van der Waals surface area contributed by atoms with Crippen molar-refractivity contribution in [2.75, 3.05) is 0 Å². The third-order valence-electron chi connectivity index (χ3n) is 11.7. The number of rotatable bonds is 4. The van der Waals surface area contributed by atoms with E-state index in [2.05, 4.69) is 248 Å². The molecular formula is C57H45BI4N2O2. The molecule has 0 spiro atoms. The van der Waals surface area contributed by atoms with E-state index in [0.717, 1.165) is 22.2 Å². The molecule has 0 radical (unpaired) electrons. The van der Waals surface area contributed by atoms with Gasteiger partial charge in [-0.1, -0.05) is 159 Å². The fourth-order valence-corrected chi connectivity index (χ4v) is 11.5. The molecule has 9 heteroatoms. The van der Waals surface area contributed by atoms with E-state index in [9.17, 15) is 0 Å². The number of H-pyrrole nitrogens is 2. The molecule has 0 saturated carbocycles. The van der Waals surface area contributed by atoms with Crippen molar-refractivity contribution in [3.05, 3.63) is 217 Å². The van der Waals surface area contributed by atoms with E-state index in [1.165, 1.54) is 87.1 Å². The fraction of sp³-hybridized carbons (Fsp3) is 0.0175. The molecule has 0 aliphatic carbocycles. The molecule has 2 heterocycles. The summed E-state index contributed by atoms with van der Waals surface area (Å²) < 4.78 is 3.94. The first-order valence-corrected chi connectivity index (χ1v) is 24.1. The Morgan fingerprint density at radius 3 is 1.21 bits per heavy atom. The lowest BCUT2D eigenvalue weighted by Gasteiger charge is -2.10. The van der Waals surface area contributed by atoms with E-state index in [1.54, 1.807) is 12.1 Å². The van der Waals surface area contributed by atoms with Gasteiger partial charge in [0, 0.05) is 66.5 Å². The zero-order valence-electron chi connectivity index (χ0n) is 34.6. The first kappa shape index (κ1) is 47.7. The molecule has 0 aliphatic heterocycles. The van der Waals surface area contributed by atoms with Gasteiger partial charge in [0.05, 0.1) is 0 Å². The van der Waals surface area contributed by atoms with Crippen molar-refractivity contribution in [3.8, 4) is 33.4 Å². The maximum absolute atomic E-state index is 9.17. The number of aromatic nitrogens is 2. The predicted octanol–water partition coefficient (Wildman–Crippen LogP) is 16.6. The summed E-state index contributed by atoms with van der Waals surface area (Å²) in [4.78, 5) is 6.92. The smallest absolute Gasteiger partial charge is 0.423 e. The topological polar surface area (TPSA) is 72.0 Å². The molecule has 10 aromatic carbocycles. The Balaban J connectivity index is 0.000000159. The lowest BCUT2D eigenvalue weighted by molar-refractivity contribution is 0.426. The normalized spacial score (nSPS) is 10.9. The molecule has 66 heavy (non-hydrogen) atoms. The minimum absolute atomic E-state index is 0. The van der Waals surface area contributed by atoms with Crippen LogP contribution in [0.4, 0.5) is 0 Å². The van der Waals surface area contributed by atoms with E-state index in [1.807, 2.05) is 24.3 Å². The molecule has 12 aromatic rings. The molecule has 0 saturated heterocycles. The van der Waals surface area contributed by atoms with Crippen LogP contribution in [-0.4, -0.2) is 27.1 Å². The molecule has 0 bridgehead atoms. The highest BCUT2D eigenvalue weighted by Crippen LogP contribution is 2.35. The number of hydrogen-bond acceptors (Lipinski definition) is 2. The highest BCUT2D eigenvalue weighted by atomic mass is 127. The highest BCUT2D eigenvalue weighted by molar-refractivity contribution is 14.1. The summed E-state index contributed by atoms with van der Waals surface area (Å²) in [6.45, 7) is 0. The van der Waals surface area contributed by atoms with Gasteiger partial charge in [-0.25, -0.2) is 0 Å². The highest BCUT2D eigenvalue weighted by Gasteiger charge is 2.12. The van der Waals surface area contributed by atoms with E-state index >= 15 is 0 Å². The number of benzene rings is 10. The number of nitrogens with one attached hydrogen (secondary N) is 2. The summed E-state index contributed by atoms with van der Waals surface area (Å²) in [6, 6.07) is 71.8. The second-order valence-electron chi connectivity index (χ2n) is 15.7. The minimum Gasteiger partial charge on any atom is -0.423 e. The van der Waals surface area contributed by atoms with Crippen LogP contribution in [0.15, 0.2) is 206 Å². The van der Waals surface area contributed by atoms with Crippen LogP contribution in [0.2, 0.25) is 0 Å². The second-order valence-corrected chi connectivity index (χ2v) is 19.1. The van der Waals surface area contributed by atoms with Crippen LogP contribution in [0, 0.1) is 10.7 Å². The van der Waals surface area contributed by atoms with Gasteiger partial charge >= 0.3 is 7.12 Å². The number of para-hydroxylation sites is 2. The number of aromatic amines is 2. The number of fused-ring (bicyclic) bond motifs is 8. The summed E-state index contributed by atoms with van der Waals surface area (Å²) in [5, 5.41) is 28.6. The van der Waals surface area contributed by atoms with Gasteiger partial charge < -0.3 is 20.0 Å². The summed E-state index contributed by atoms with van der Waals surface area (Å²) >= 11 is 7.20. The van der Waals surface area contributed by atoms with Gasteiger partial charge in [0.2, 0.25) is 0 Å². The van der Waals surface area contributed by atoms with E-state index < -0.39 is 7.12 Å². The van der Waals surface area contributed by atoms with Crippen molar-refractivity contribution in [2.24, 2.45) is 0 Å². The van der Waals surface area contributed by atoms with E-state index in [4.69, 9.17) is 10.0 Å². The van der Waals surface area contributed by atoms with Gasteiger partial charge in [-0.2, -0.15) is 0 Å². The number of halogens is 4. The summed E-state index contributed by atoms with van der Waals surface area (Å²) in [5.41, 5.74) is 12.3. The van der Waals surface area contributed by atoms with Crippen LogP contribution >= 0.6 is 91.7 Å². The average molecular weight is 1310 g/mol. The Morgan fingerprint density at radius 2 is 0.742 bits per heavy atom. The first-order valence-electron chi connectivity index (χ1n) is 20.9.